The quantitative estimate of drug-likeness (QED) is 0.536. The summed E-state index contributed by atoms with van der Waals surface area (Å²) in [7, 11) is 0. The number of hydrogen-bond donors (Lipinski definition) is 0. The molecule has 0 unspecified atom stereocenters. The normalized spacial score (nSPS) is 11.0. The number of ether oxygens (including phenoxy) is 1. The van der Waals surface area contributed by atoms with E-state index in [9.17, 15) is 4.79 Å². The van der Waals surface area contributed by atoms with Gasteiger partial charge in [-0.3, -0.25) is 4.79 Å². The van der Waals surface area contributed by atoms with Gasteiger partial charge >= 0.3 is 0 Å². The molecule has 0 aliphatic rings. The predicted molar refractivity (Wildman–Crippen MR) is 101 cm³/mol. The van der Waals surface area contributed by atoms with Crippen LogP contribution in [0.1, 0.15) is 11.3 Å². The van der Waals surface area contributed by atoms with Gasteiger partial charge < -0.3 is 4.74 Å². The minimum atomic E-state index is -0.253. The SMILES string of the molecule is Cc1nnc2sc(-c3ccc(OCc4ccccc4Cl)cc3)nn2c1=O. The van der Waals surface area contributed by atoms with Gasteiger partial charge in [-0.1, -0.05) is 41.1 Å². The molecular weight excluding hydrogens is 372 g/mol. The van der Waals surface area contributed by atoms with Crippen LogP contribution in [0.2, 0.25) is 5.02 Å². The Bertz CT molecular complexity index is 1140. The van der Waals surface area contributed by atoms with E-state index in [1.165, 1.54) is 15.9 Å². The summed E-state index contributed by atoms with van der Waals surface area (Å²) in [4.78, 5) is 12.5. The van der Waals surface area contributed by atoms with Crippen molar-refractivity contribution < 1.29 is 4.74 Å². The first-order valence-corrected chi connectivity index (χ1v) is 9.01. The molecule has 0 saturated carbocycles. The summed E-state index contributed by atoms with van der Waals surface area (Å²) in [6.45, 7) is 2.01. The molecule has 0 N–H and O–H groups in total. The van der Waals surface area contributed by atoms with Crippen LogP contribution in [0.25, 0.3) is 15.5 Å². The summed E-state index contributed by atoms with van der Waals surface area (Å²) in [5, 5.41) is 13.6. The lowest BCUT2D eigenvalue weighted by Crippen LogP contribution is -2.19. The van der Waals surface area contributed by atoms with E-state index in [1.807, 2.05) is 48.5 Å². The Kier molecular flexibility index (Phi) is 4.40. The van der Waals surface area contributed by atoms with Gasteiger partial charge in [-0.2, -0.15) is 9.61 Å². The van der Waals surface area contributed by atoms with Crippen molar-refractivity contribution in [1.82, 2.24) is 19.8 Å². The van der Waals surface area contributed by atoms with E-state index in [2.05, 4.69) is 15.3 Å². The van der Waals surface area contributed by atoms with E-state index in [0.717, 1.165) is 16.9 Å². The van der Waals surface area contributed by atoms with E-state index in [4.69, 9.17) is 16.3 Å². The molecule has 2 aromatic heterocycles. The lowest BCUT2D eigenvalue weighted by atomic mass is 10.2. The second-order valence-corrected chi connectivity index (χ2v) is 6.96. The summed E-state index contributed by atoms with van der Waals surface area (Å²) in [5.74, 6) is 0.725. The molecule has 8 heteroatoms. The van der Waals surface area contributed by atoms with Crippen molar-refractivity contribution in [2.24, 2.45) is 0 Å². The molecule has 0 radical (unpaired) electrons. The Morgan fingerprint density at radius 1 is 1.12 bits per heavy atom. The molecule has 0 bridgehead atoms. The Morgan fingerprint density at radius 3 is 2.65 bits per heavy atom. The van der Waals surface area contributed by atoms with Crippen molar-refractivity contribution >= 4 is 27.9 Å². The molecular formula is C18H13ClN4O2S. The minimum absolute atomic E-state index is 0.253. The molecule has 6 nitrogen and oxygen atoms in total. The van der Waals surface area contributed by atoms with Crippen LogP contribution in [0.15, 0.2) is 53.3 Å². The Balaban J connectivity index is 1.55. The average molecular weight is 385 g/mol. The lowest BCUT2D eigenvalue weighted by molar-refractivity contribution is 0.306. The number of fused-ring (bicyclic) bond motifs is 1. The van der Waals surface area contributed by atoms with Gasteiger partial charge in [0.2, 0.25) is 4.96 Å². The molecule has 0 saturated heterocycles. The minimum Gasteiger partial charge on any atom is -0.489 e. The molecule has 0 amide bonds. The zero-order valence-corrected chi connectivity index (χ0v) is 15.3. The van der Waals surface area contributed by atoms with Crippen LogP contribution < -0.4 is 10.3 Å². The molecule has 130 valence electrons. The molecule has 0 fully saturated rings. The van der Waals surface area contributed by atoms with Crippen molar-refractivity contribution in [3.05, 3.63) is 75.2 Å². The van der Waals surface area contributed by atoms with Gasteiger partial charge in [0.25, 0.3) is 5.56 Å². The van der Waals surface area contributed by atoms with E-state index in [-0.39, 0.29) is 5.56 Å². The van der Waals surface area contributed by atoms with Crippen molar-refractivity contribution in [3.63, 3.8) is 0 Å². The van der Waals surface area contributed by atoms with Gasteiger partial charge in [-0.05, 0) is 37.3 Å². The number of halogens is 1. The van der Waals surface area contributed by atoms with Gasteiger partial charge in [0.1, 0.15) is 23.1 Å². The summed E-state index contributed by atoms with van der Waals surface area (Å²) in [6, 6.07) is 15.1. The maximum absolute atomic E-state index is 12.0. The standard InChI is InChI=1S/C18H13ClN4O2S/c1-11-17(24)23-18(21-20-11)26-16(22-23)12-6-8-14(9-7-12)25-10-13-4-2-3-5-15(13)19/h2-9H,10H2,1H3. The van der Waals surface area contributed by atoms with Crippen molar-refractivity contribution in [1.29, 1.82) is 0 Å². The highest BCUT2D eigenvalue weighted by molar-refractivity contribution is 7.19. The third-order valence-corrected chi connectivity index (χ3v) is 5.12. The highest BCUT2D eigenvalue weighted by Gasteiger charge is 2.11. The maximum atomic E-state index is 12.0. The summed E-state index contributed by atoms with van der Waals surface area (Å²) in [5.41, 5.74) is 1.88. The molecule has 0 aliphatic carbocycles. The fourth-order valence-electron chi connectivity index (χ4n) is 2.38. The van der Waals surface area contributed by atoms with Gasteiger partial charge in [0.15, 0.2) is 0 Å². The van der Waals surface area contributed by atoms with Gasteiger partial charge in [-0.15, -0.1) is 10.2 Å². The number of aryl methyl sites for hydroxylation is 1. The van der Waals surface area contributed by atoms with E-state index in [0.29, 0.717) is 27.3 Å². The summed E-state index contributed by atoms with van der Waals surface area (Å²) < 4.78 is 7.06. The second-order valence-electron chi connectivity index (χ2n) is 5.60. The van der Waals surface area contributed by atoms with Gasteiger partial charge in [-0.25, -0.2) is 0 Å². The highest BCUT2D eigenvalue weighted by Crippen LogP contribution is 2.26. The number of nitrogens with zero attached hydrogens (tertiary/aromatic N) is 4. The second kappa shape index (κ2) is 6.86. The van der Waals surface area contributed by atoms with Crippen molar-refractivity contribution in [2.45, 2.75) is 13.5 Å². The molecule has 0 spiro atoms. The Hall–Kier alpha value is -2.77. The first-order chi connectivity index (χ1) is 12.6. The molecule has 0 aliphatic heterocycles. The predicted octanol–water partition coefficient (Wildman–Crippen LogP) is 3.75. The zero-order valence-electron chi connectivity index (χ0n) is 13.7. The van der Waals surface area contributed by atoms with E-state index in [1.54, 1.807) is 6.92 Å². The topological polar surface area (TPSA) is 69.4 Å². The molecule has 2 aromatic carbocycles. The summed E-state index contributed by atoms with van der Waals surface area (Å²) in [6.07, 6.45) is 0. The zero-order chi connectivity index (χ0) is 18.1. The lowest BCUT2D eigenvalue weighted by Gasteiger charge is -2.08. The van der Waals surface area contributed by atoms with Crippen LogP contribution in [0.4, 0.5) is 0 Å². The maximum Gasteiger partial charge on any atom is 0.296 e. The molecule has 4 aromatic rings. The fourth-order valence-corrected chi connectivity index (χ4v) is 3.41. The molecule has 2 heterocycles. The molecule has 26 heavy (non-hydrogen) atoms. The summed E-state index contributed by atoms with van der Waals surface area (Å²) >= 11 is 7.44. The van der Waals surface area contributed by atoms with Crippen LogP contribution >= 0.6 is 22.9 Å². The van der Waals surface area contributed by atoms with Crippen molar-refractivity contribution in [3.8, 4) is 16.3 Å². The van der Waals surface area contributed by atoms with Crippen molar-refractivity contribution in [2.75, 3.05) is 0 Å². The average Bonchev–Trinajstić information content (AvgIpc) is 3.10. The largest absolute Gasteiger partial charge is 0.489 e. The number of hydrogen-bond acceptors (Lipinski definition) is 6. The number of rotatable bonds is 4. The monoisotopic (exact) mass is 384 g/mol. The number of benzene rings is 2. The van der Waals surface area contributed by atoms with Crippen LogP contribution in [0.3, 0.4) is 0 Å². The third kappa shape index (κ3) is 3.18. The van der Waals surface area contributed by atoms with Crippen LogP contribution in [-0.2, 0) is 6.61 Å². The first kappa shape index (κ1) is 16.7. The van der Waals surface area contributed by atoms with E-state index < -0.39 is 0 Å². The fraction of sp³-hybridized carbons (Fsp3) is 0.111. The van der Waals surface area contributed by atoms with Gasteiger partial charge in [0.05, 0.1) is 0 Å². The number of aromatic nitrogens is 4. The van der Waals surface area contributed by atoms with Crippen LogP contribution in [0.5, 0.6) is 5.75 Å². The van der Waals surface area contributed by atoms with Gasteiger partial charge in [0, 0.05) is 16.1 Å². The molecule has 4 rings (SSSR count). The first-order valence-electron chi connectivity index (χ1n) is 7.81. The van der Waals surface area contributed by atoms with Crippen LogP contribution in [0, 0.1) is 6.92 Å². The van der Waals surface area contributed by atoms with E-state index >= 15 is 0 Å². The Labute approximate surface area is 157 Å². The van der Waals surface area contributed by atoms with Crippen LogP contribution in [-0.4, -0.2) is 19.8 Å². The third-order valence-electron chi connectivity index (χ3n) is 3.80. The smallest absolute Gasteiger partial charge is 0.296 e. The molecule has 0 atom stereocenters. The highest BCUT2D eigenvalue weighted by atomic mass is 35.5. The Morgan fingerprint density at radius 2 is 1.88 bits per heavy atom.